The van der Waals surface area contributed by atoms with E-state index in [1.165, 1.54) is 0 Å². The summed E-state index contributed by atoms with van der Waals surface area (Å²) in [5, 5.41) is 2.95. The van der Waals surface area contributed by atoms with Crippen LogP contribution in [0, 0.1) is 6.92 Å². The summed E-state index contributed by atoms with van der Waals surface area (Å²) in [6.07, 6.45) is 0. The molecule has 1 N–H and O–H groups in total. The Hall–Kier alpha value is -0.0900. The first-order valence-electron chi connectivity index (χ1n) is 2.87. The molecule has 1 radical (unpaired) electrons. The molecule has 1 saturated heterocycles. The van der Waals surface area contributed by atoms with Gasteiger partial charge in [-0.3, -0.25) is 0 Å². The third kappa shape index (κ3) is 1.66. The monoisotopic (exact) mass is 148 g/mol. The fraction of sp³-hybridized carbons (Fsp3) is 0.800. The molecule has 4 heteroatoms. The predicted molar refractivity (Wildman–Crippen MR) is 35.8 cm³/mol. The molecular formula is C5H10NO2S. The highest BCUT2D eigenvalue weighted by Crippen LogP contribution is 2.09. The molecule has 0 amide bonds. The average Bonchev–Trinajstić information content (AvgIpc) is 1.62. The van der Waals surface area contributed by atoms with Gasteiger partial charge < -0.3 is 5.32 Å². The number of rotatable bonds is 2. The summed E-state index contributed by atoms with van der Waals surface area (Å²) in [4.78, 5) is 0. The van der Waals surface area contributed by atoms with Crippen molar-refractivity contribution in [3.8, 4) is 0 Å². The first kappa shape index (κ1) is 7.02. The molecule has 53 valence electrons. The third-order valence-corrected chi connectivity index (χ3v) is 3.16. The molecule has 0 aromatic rings. The van der Waals surface area contributed by atoms with Crippen LogP contribution < -0.4 is 5.32 Å². The van der Waals surface area contributed by atoms with Gasteiger partial charge in [0.1, 0.15) is 0 Å². The lowest BCUT2D eigenvalue weighted by molar-refractivity contribution is 0.527. The van der Waals surface area contributed by atoms with Crippen molar-refractivity contribution in [3.05, 3.63) is 6.92 Å². The van der Waals surface area contributed by atoms with Gasteiger partial charge in [0, 0.05) is 6.04 Å². The maximum absolute atomic E-state index is 10.5. The second-order valence-corrected chi connectivity index (χ2v) is 4.38. The molecule has 0 aromatic carbocycles. The van der Waals surface area contributed by atoms with E-state index in [4.69, 9.17) is 0 Å². The average molecular weight is 148 g/mol. The van der Waals surface area contributed by atoms with E-state index >= 15 is 0 Å². The fourth-order valence-electron chi connectivity index (χ4n) is 0.886. The smallest absolute Gasteiger partial charge is 0.153 e. The quantitative estimate of drug-likeness (QED) is 0.558. The van der Waals surface area contributed by atoms with Crippen molar-refractivity contribution in [1.29, 1.82) is 0 Å². The summed E-state index contributed by atoms with van der Waals surface area (Å²) in [7, 11) is -2.64. The summed E-state index contributed by atoms with van der Waals surface area (Å²) in [6, 6.07) is 0.174. The van der Waals surface area contributed by atoms with Gasteiger partial charge in [0.25, 0.3) is 0 Å². The van der Waals surface area contributed by atoms with Crippen LogP contribution >= 0.6 is 0 Å². The molecule has 0 aliphatic carbocycles. The number of nitrogens with one attached hydrogen (secondary N) is 1. The van der Waals surface area contributed by atoms with Crippen LogP contribution in [0.4, 0.5) is 0 Å². The highest BCUT2D eigenvalue weighted by atomic mass is 32.2. The van der Waals surface area contributed by atoms with E-state index in [9.17, 15) is 8.42 Å². The van der Waals surface area contributed by atoms with Crippen molar-refractivity contribution in [2.24, 2.45) is 0 Å². The van der Waals surface area contributed by atoms with E-state index in [0.717, 1.165) is 0 Å². The molecule has 1 rings (SSSR count). The normalized spacial score (nSPS) is 25.4. The van der Waals surface area contributed by atoms with Crippen molar-refractivity contribution < 1.29 is 8.42 Å². The molecule has 3 nitrogen and oxygen atoms in total. The van der Waals surface area contributed by atoms with Crippen LogP contribution in [0.2, 0.25) is 0 Å². The molecular weight excluding hydrogens is 138 g/mol. The Morgan fingerprint density at radius 1 is 1.56 bits per heavy atom. The first-order chi connectivity index (χ1) is 4.14. The number of hydrogen-bond donors (Lipinski definition) is 1. The van der Waals surface area contributed by atoms with E-state index in [2.05, 4.69) is 12.2 Å². The zero-order chi connectivity index (χ0) is 6.91. The summed E-state index contributed by atoms with van der Waals surface area (Å²) < 4.78 is 21.0. The Bertz CT molecular complexity index is 173. The second-order valence-electron chi connectivity index (χ2n) is 2.23. The minimum atomic E-state index is -2.64. The number of hydrogen-bond acceptors (Lipinski definition) is 3. The van der Waals surface area contributed by atoms with Crippen LogP contribution in [-0.4, -0.2) is 32.5 Å². The third-order valence-electron chi connectivity index (χ3n) is 1.34. The van der Waals surface area contributed by atoms with Crippen molar-refractivity contribution >= 4 is 9.84 Å². The fourth-order valence-corrected chi connectivity index (χ4v) is 2.25. The van der Waals surface area contributed by atoms with Crippen molar-refractivity contribution in [1.82, 2.24) is 5.32 Å². The molecule has 1 aliphatic rings. The van der Waals surface area contributed by atoms with Crippen LogP contribution in [-0.2, 0) is 9.84 Å². The van der Waals surface area contributed by atoms with Gasteiger partial charge in [-0.05, 0) is 13.5 Å². The van der Waals surface area contributed by atoms with E-state index in [1.807, 2.05) is 0 Å². The topological polar surface area (TPSA) is 46.2 Å². The van der Waals surface area contributed by atoms with Crippen molar-refractivity contribution in [2.75, 3.05) is 18.1 Å². The maximum Gasteiger partial charge on any atom is 0.153 e. The molecule has 9 heavy (non-hydrogen) atoms. The Kier molecular flexibility index (Phi) is 1.77. The minimum Gasteiger partial charge on any atom is -0.312 e. The lowest BCUT2D eigenvalue weighted by atomic mass is 10.4. The van der Waals surface area contributed by atoms with Gasteiger partial charge in [0.15, 0.2) is 9.84 Å². The Balaban J connectivity index is 2.28. The first-order valence-corrected chi connectivity index (χ1v) is 4.69. The predicted octanol–water partition coefficient (Wildman–Crippen LogP) is -0.793. The zero-order valence-corrected chi connectivity index (χ0v) is 5.95. The molecule has 1 heterocycles. The standard InChI is InChI=1S/C5H10NO2S/c1-2-6-5-3-9(7,8)4-5/h5-6H,1-4H2. The largest absolute Gasteiger partial charge is 0.312 e. The van der Waals surface area contributed by atoms with Crippen LogP contribution in [0.3, 0.4) is 0 Å². The van der Waals surface area contributed by atoms with E-state index < -0.39 is 9.84 Å². The molecule has 0 saturated carbocycles. The van der Waals surface area contributed by atoms with Gasteiger partial charge in [-0.2, -0.15) is 0 Å². The van der Waals surface area contributed by atoms with Crippen LogP contribution in [0.5, 0.6) is 0 Å². The summed E-state index contributed by atoms with van der Waals surface area (Å²) in [6.45, 7) is 4.16. The Morgan fingerprint density at radius 3 is 2.44 bits per heavy atom. The van der Waals surface area contributed by atoms with Gasteiger partial charge in [0.2, 0.25) is 0 Å². The Labute approximate surface area is 55.4 Å². The van der Waals surface area contributed by atoms with Crippen molar-refractivity contribution in [3.63, 3.8) is 0 Å². The van der Waals surface area contributed by atoms with Crippen LogP contribution in [0.25, 0.3) is 0 Å². The highest BCUT2D eigenvalue weighted by molar-refractivity contribution is 7.92. The highest BCUT2D eigenvalue weighted by Gasteiger charge is 2.31. The van der Waals surface area contributed by atoms with Gasteiger partial charge in [-0.1, -0.05) is 0 Å². The summed E-state index contributed by atoms with van der Waals surface area (Å²) in [5.74, 6) is 0.588. The van der Waals surface area contributed by atoms with Gasteiger partial charge in [0.05, 0.1) is 11.5 Å². The minimum absolute atomic E-state index is 0.174. The Morgan fingerprint density at radius 2 is 2.11 bits per heavy atom. The van der Waals surface area contributed by atoms with Crippen LogP contribution in [0.15, 0.2) is 0 Å². The second kappa shape index (κ2) is 2.27. The molecule has 0 aromatic heterocycles. The molecule has 1 fully saturated rings. The van der Waals surface area contributed by atoms with Crippen LogP contribution in [0.1, 0.15) is 0 Å². The molecule has 1 aliphatic heterocycles. The van der Waals surface area contributed by atoms with Crippen molar-refractivity contribution in [2.45, 2.75) is 6.04 Å². The van der Waals surface area contributed by atoms with Gasteiger partial charge in [-0.15, -0.1) is 0 Å². The summed E-state index contributed by atoms with van der Waals surface area (Å²) in [5.41, 5.74) is 0. The van der Waals surface area contributed by atoms with Gasteiger partial charge in [-0.25, -0.2) is 8.42 Å². The van der Waals surface area contributed by atoms with Gasteiger partial charge >= 0.3 is 0 Å². The lowest BCUT2D eigenvalue weighted by Crippen LogP contribution is -2.50. The molecule has 0 bridgehead atoms. The SMILES string of the molecule is [CH2]CNC1CS(=O)(=O)C1. The van der Waals surface area contributed by atoms with E-state index in [0.29, 0.717) is 18.1 Å². The zero-order valence-electron chi connectivity index (χ0n) is 5.13. The molecule has 0 spiro atoms. The molecule has 0 atom stereocenters. The maximum atomic E-state index is 10.5. The summed E-state index contributed by atoms with van der Waals surface area (Å²) >= 11 is 0. The number of sulfone groups is 1. The lowest BCUT2D eigenvalue weighted by Gasteiger charge is -2.25. The van der Waals surface area contributed by atoms with E-state index in [-0.39, 0.29) is 6.04 Å². The van der Waals surface area contributed by atoms with E-state index in [1.54, 1.807) is 0 Å². The molecule has 0 unspecified atom stereocenters.